The van der Waals surface area contributed by atoms with Gasteiger partial charge in [-0.25, -0.2) is 0 Å². The minimum Gasteiger partial charge on any atom is -0.396 e. The highest BCUT2D eigenvalue weighted by atomic mass is 16.7. The Balaban J connectivity index is 1.40. The zero-order chi connectivity index (χ0) is 20.1. The number of hydrogen-bond donors (Lipinski definition) is 2. The molecule has 5 aliphatic rings. The molecule has 2 N–H and O–H groups in total. The van der Waals surface area contributed by atoms with Crippen LogP contribution in [-0.4, -0.2) is 89.5 Å². The van der Waals surface area contributed by atoms with Crippen LogP contribution in [0.4, 0.5) is 0 Å². The zero-order valence-corrected chi connectivity index (χ0v) is 18.0. The third-order valence-electron chi connectivity index (χ3n) is 9.11. The zero-order valence-electron chi connectivity index (χ0n) is 18.0. The van der Waals surface area contributed by atoms with E-state index in [2.05, 4.69) is 0 Å². The first-order chi connectivity index (χ1) is 14.2. The van der Waals surface area contributed by atoms with Gasteiger partial charge in [0.15, 0.2) is 0 Å². The van der Waals surface area contributed by atoms with E-state index in [4.69, 9.17) is 23.7 Å². The largest absolute Gasteiger partial charge is 0.396 e. The van der Waals surface area contributed by atoms with Crippen molar-refractivity contribution >= 4 is 0 Å². The Morgan fingerprint density at radius 1 is 0.966 bits per heavy atom. The second-order valence-electron chi connectivity index (χ2n) is 9.95. The lowest BCUT2D eigenvalue weighted by atomic mass is 9.59. The number of quaternary nitrogens is 1. The first kappa shape index (κ1) is 20.6. The summed E-state index contributed by atoms with van der Waals surface area (Å²) in [5.41, 5.74) is 0. The van der Waals surface area contributed by atoms with Crippen LogP contribution in [0.5, 0.6) is 0 Å². The summed E-state index contributed by atoms with van der Waals surface area (Å²) in [7, 11) is 5.38. The third kappa shape index (κ3) is 3.28. The highest BCUT2D eigenvalue weighted by Crippen LogP contribution is 2.47. The van der Waals surface area contributed by atoms with Crippen LogP contribution in [0.3, 0.4) is 0 Å². The number of methoxy groups -OCH3 is 3. The van der Waals surface area contributed by atoms with Crippen LogP contribution in [-0.2, 0) is 23.7 Å². The fourth-order valence-corrected chi connectivity index (χ4v) is 7.91. The summed E-state index contributed by atoms with van der Waals surface area (Å²) in [6.07, 6.45) is 5.03. The van der Waals surface area contributed by atoms with Crippen LogP contribution >= 0.6 is 0 Å². The van der Waals surface area contributed by atoms with Gasteiger partial charge in [0, 0.05) is 58.5 Å². The number of ether oxygens (including phenoxy) is 5. The lowest BCUT2D eigenvalue weighted by Crippen LogP contribution is -3.20. The predicted molar refractivity (Wildman–Crippen MR) is 104 cm³/mol. The number of rotatable bonds is 4. The molecule has 3 heterocycles. The van der Waals surface area contributed by atoms with Crippen molar-refractivity contribution in [2.45, 2.75) is 62.2 Å². The smallest absolute Gasteiger partial charge is 0.147 e. The molecule has 7 heteroatoms. The number of nitrogens with one attached hydrogen (secondary N) is 1. The molecule has 166 valence electrons. The predicted octanol–water partition coefficient (Wildman–Crippen LogP) is -0.285. The number of piperidine rings is 2. The van der Waals surface area contributed by atoms with Crippen molar-refractivity contribution in [3.63, 3.8) is 0 Å². The molecule has 2 saturated carbocycles. The van der Waals surface area contributed by atoms with Crippen molar-refractivity contribution in [1.82, 2.24) is 0 Å². The van der Waals surface area contributed by atoms with E-state index in [9.17, 15) is 5.11 Å². The third-order valence-corrected chi connectivity index (χ3v) is 9.11. The summed E-state index contributed by atoms with van der Waals surface area (Å²) in [5, 5.41) is 10.2. The summed E-state index contributed by atoms with van der Waals surface area (Å²) < 4.78 is 29.5. The molecule has 0 aromatic heterocycles. The summed E-state index contributed by atoms with van der Waals surface area (Å²) in [6, 6.07) is 0.598. The first-order valence-corrected chi connectivity index (χ1v) is 11.5. The monoisotopic (exact) mass is 412 g/mol. The maximum Gasteiger partial charge on any atom is 0.147 e. The van der Waals surface area contributed by atoms with E-state index in [-0.39, 0.29) is 43.0 Å². The van der Waals surface area contributed by atoms with Crippen LogP contribution in [0, 0.1) is 29.6 Å². The molecule has 5 rings (SSSR count). The van der Waals surface area contributed by atoms with Gasteiger partial charge in [0.05, 0.1) is 43.5 Å². The van der Waals surface area contributed by atoms with Crippen molar-refractivity contribution in [2.24, 2.45) is 29.6 Å². The standard InChI is InChI=1S/C22H37NO6/c1-25-17-8-13-6-16-19-12(7-18-21(22(19)27-3)29-11-28-18)4-5-23(16)9-14(13)15(10-24)20(17)26-2/h12-22,24H,4-11H2,1-3H3/p+1. The Morgan fingerprint density at radius 2 is 1.79 bits per heavy atom. The van der Waals surface area contributed by atoms with Gasteiger partial charge < -0.3 is 33.7 Å². The van der Waals surface area contributed by atoms with Crippen molar-refractivity contribution < 1.29 is 33.7 Å². The topological polar surface area (TPSA) is 70.8 Å². The molecule has 29 heavy (non-hydrogen) atoms. The van der Waals surface area contributed by atoms with Gasteiger partial charge in [-0.2, -0.15) is 0 Å². The highest BCUT2D eigenvalue weighted by molar-refractivity contribution is 5.03. The molecule has 7 nitrogen and oxygen atoms in total. The number of fused-ring (bicyclic) bond motifs is 5. The molecule has 0 spiro atoms. The Kier molecular flexibility index (Phi) is 5.93. The first-order valence-electron chi connectivity index (χ1n) is 11.5. The van der Waals surface area contributed by atoms with Gasteiger partial charge in [-0.05, 0) is 24.7 Å². The van der Waals surface area contributed by atoms with Crippen molar-refractivity contribution in [3.05, 3.63) is 0 Å². The molecule has 5 fully saturated rings. The van der Waals surface area contributed by atoms with Crippen LogP contribution < -0.4 is 4.90 Å². The number of aliphatic hydroxyl groups is 1. The van der Waals surface area contributed by atoms with E-state index in [0.717, 1.165) is 19.4 Å². The molecular weight excluding hydrogens is 374 g/mol. The van der Waals surface area contributed by atoms with E-state index < -0.39 is 0 Å². The Labute approximate surface area is 173 Å². The second kappa shape index (κ2) is 8.34. The van der Waals surface area contributed by atoms with Crippen molar-refractivity contribution in [1.29, 1.82) is 0 Å². The molecule has 0 radical (unpaired) electrons. The van der Waals surface area contributed by atoms with Gasteiger partial charge in [0.1, 0.15) is 12.9 Å². The van der Waals surface area contributed by atoms with Crippen LogP contribution in [0.15, 0.2) is 0 Å². The Bertz CT molecular complexity index is 578. The van der Waals surface area contributed by atoms with Crippen molar-refractivity contribution in [2.75, 3.05) is 47.8 Å². The SMILES string of the molecule is COC1CC2CC3C4C(CC[NH+]3CC2C(CO)C1OC)CC1OCOC1C4OC. The molecular formula is C22H38NO6+. The maximum atomic E-state index is 10.2. The minimum absolute atomic E-state index is 0.00839. The van der Waals surface area contributed by atoms with Crippen LogP contribution in [0.25, 0.3) is 0 Å². The highest BCUT2D eigenvalue weighted by Gasteiger charge is 2.59. The molecule has 2 aliphatic carbocycles. The second-order valence-corrected chi connectivity index (χ2v) is 9.95. The lowest BCUT2D eigenvalue weighted by Gasteiger charge is -2.57. The Hall–Kier alpha value is -0.280. The molecule has 0 amide bonds. The van der Waals surface area contributed by atoms with Gasteiger partial charge in [-0.15, -0.1) is 0 Å². The van der Waals surface area contributed by atoms with E-state index >= 15 is 0 Å². The van der Waals surface area contributed by atoms with Crippen molar-refractivity contribution in [3.8, 4) is 0 Å². The summed E-state index contributed by atoms with van der Waals surface area (Å²) in [5.74, 6) is 2.43. The molecule has 0 aromatic rings. The number of hydrogen-bond acceptors (Lipinski definition) is 6. The fraction of sp³-hybridized carbons (Fsp3) is 1.00. The minimum atomic E-state index is -0.00839. The Morgan fingerprint density at radius 3 is 2.52 bits per heavy atom. The lowest BCUT2D eigenvalue weighted by molar-refractivity contribution is -0.948. The van der Waals surface area contributed by atoms with E-state index in [1.807, 2.05) is 7.11 Å². The summed E-state index contributed by atoms with van der Waals surface area (Å²) in [6.45, 7) is 2.93. The normalized spacial score (nSPS) is 54.2. The van der Waals surface area contributed by atoms with Gasteiger partial charge in [-0.3, -0.25) is 0 Å². The van der Waals surface area contributed by atoms with Crippen LogP contribution in [0.1, 0.15) is 25.7 Å². The molecule has 0 aromatic carbocycles. The fourth-order valence-electron chi connectivity index (χ4n) is 7.91. The average molecular weight is 413 g/mol. The molecule has 3 saturated heterocycles. The quantitative estimate of drug-likeness (QED) is 0.662. The molecule has 12 atom stereocenters. The summed E-state index contributed by atoms with van der Waals surface area (Å²) >= 11 is 0. The maximum absolute atomic E-state index is 10.2. The molecule has 12 unspecified atom stereocenters. The van der Waals surface area contributed by atoms with E-state index in [1.54, 1.807) is 19.1 Å². The van der Waals surface area contributed by atoms with Gasteiger partial charge in [-0.1, -0.05) is 0 Å². The van der Waals surface area contributed by atoms with Gasteiger partial charge in [0.25, 0.3) is 0 Å². The number of aliphatic hydroxyl groups excluding tert-OH is 1. The average Bonchev–Trinajstić information content (AvgIpc) is 3.22. The van der Waals surface area contributed by atoms with E-state index in [1.165, 1.54) is 19.4 Å². The molecule has 3 aliphatic heterocycles. The van der Waals surface area contributed by atoms with E-state index in [0.29, 0.717) is 36.5 Å². The van der Waals surface area contributed by atoms with Gasteiger partial charge >= 0.3 is 0 Å². The molecule has 0 bridgehead atoms. The summed E-state index contributed by atoms with van der Waals surface area (Å²) in [4.78, 5) is 1.70. The van der Waals surface area contributed by atoms with Crippen LogP contribution in [0.2, 0.25) is 0 Å². The van der Waals surface area contributed by atoms with Gasteiger partial charge in [0.2, 0.25) is 0 Å².